The summed E-state index contributed by atoms with van der Waals surface area (Å²) >= 11 is 5.87. The van der Waals surface area contributed by atoms with Crippen LogP contribution in [0.25, 0.3) is 0 Å². The molecule has 2 aromatic carbocycles. The number of halogens is 1. The third-order valence-corrected chi connectivity index (χ3v) is 5.06. The monoisotopic (exact) mass is 367 g/mol. The Balaban J connectivity index is 1.45. The number of hydrogen-bond donors (Lipinski definition) is 0. The first-order valence-electron chi connectivity index (χ1n) is 8.71. The first-order valence-corrected chi connectivity index (χ1v) is 9.09. The standard InChI is InChI=1S/C21H18ClNO3/c22-15-7-5-14(6-8-15)13-26-17-11-9-16(10-12-17)23-20(24)18-3-1-2-4-19(18)21(23)25/h5-12H,1-4,13H2. The fourth-order valence-electron chi connectivity index (χ4n) is 3.41. The zero-order valence-electron chi connectivity index (χ0n) is 14.2. The van der Waals surface area contributed by atoms with Gasteiger partial charge in [0.25, 0.3) is 11.8 Å². The second kappa shape index (κ2) is 6.96. The third kappa shape index (κ3) is 3.13. The van der Waals surface area contributed by atoms with Crippen molar-refractivity contribution in [2.45, 2.75) is 32.3 Å². The summed E-state index contributed by atoms with van der Waals surface area (Å²) in [5, 5.41) is 0.689. The van der Waals surface area contributed by atoms with Gasteiger partial charge in [0.2, 0.25) is 0 Å². The molecule has 0 bridgehead atoms. The van der Waals surface area contributed by atoms with Crippen LogP contribution in [-0.2, 0) is 16.2 Å². The highest BCUT2D eigenvalue weighted by Crippen LogP contribution is 2.36. The van der Waals surface area contributed by atoms with Gasteiger partial charge in [0.05, 0.1) is 5.69 Å². The van der Waals surface area contributed by atoms with E-state index in [9.17, 15) is 9.59 Å². The molecule has 5 heteroatoms. The average Bonchev–Trinajstić information content (AvgIpc) is 2.93. The van der Waals surface area contributed by atoms with Gasteiger partial charge >= 0.3 is 0 Å². The van der Waals surface area contributed by atoms with Crippen LogP contribution in [0.15, 0.2) is 59.7 Å². The van der Waals surface area contributed by atoms with E-state index in [1.807, 2.05) is 24.3 Å². The number of hydrogen-bond acceptors (Lipinski definition) is 3. The molecule has 4 rings (SSSR count). The maximum atomic E-state index is 12.6. The fraction of sp³-hybridized carbons (Fsp3) is 0.238. The molecule has 0 saturated heterocycles. The van der Waals surface area contributed by atoms with Crippen LogP contribution in [0.4, 0.5) is 5.69 Å². The van der Waals surface area contributed by atoms with E-state index in [0.717, 1.165) is 18.4 Å². The van der Waals surface area contributed by atoms with E-state index in [1.54, 1.807) is 24.3 Å². The van der Waals surface area contributed by atoms with Gasteiger partial charge in [0, 0.05) is 16.2 Å². The maximum Gasteiger partial charge on any atom is 0.261 e. The lowest BCUT2D eigenvalue weighted by molar-refractivity contribution is -0.120. The Morgan fingerprint density at radius 2 is 1.42 bits per heavy atom. The summed E-state index contributed by atoms with van der Waals surface area (Å²) in [7, 11) is 0. The van der Waals surface area contributed by atoms with Gasteiger partial charge in [-0.05, 0) is 67.6 Å². The summed E-state index contributed by atoms with van der Waals surface area (Å²) in [5.74, 6) is 0.347. The van der Waals surface area contributed by atoms with Crippen molar-refractivity contribution in [3.63, 3.8) is 0 Å². The topological polar surface area (TPSA) is 46.6 Å². The van der Waals surface area contributed by atoms with E-state index in [2.05, 4.69) is 0 Å². The number of nitrogens with zero attached hydrogens (tertiary/aromatic N) is 1. The molecular weight excluding hydrogens is 350 g/mol. The molecule has 2 aromatic rings. The van der Waals surface area contributed by atoms with E-state index in [4.69, 9.17) is 16.3 Å². The number of carbonyl (C=O) groups excluding carboxylic acids is 2. The van der Waals surface area contributed by atoms with Crippen LogP contribution in [-0.4, -0.2) is 11.8 Å². The minimum Gasteiger partial charge on any atom is -0.489 e. The normalized spacial score (nSPS) is 16.9. The van der Waals surface area contributed by atoms with Crippen LogP contribution in [0.3, 0.4) is 0 Å². The number of benzene rings is 2. The molecular formula is C21H18ClNO3. The molecule has 2 amide bonds. The first kappa shape index (κ1) is 16.9. The van der Waals surface area contributed by atoms with Crippen molar-refractivity contribution in [2.75, 3.05) is 4.90 Å². The number of imide groups is 1. The lowest BCUT2D eigenvalue weighted by Gasteiger charge is -2.15. The molecule has 0 atom stereocenters. The lowest BCUT2D eigenvalue weighted by atomic mass is 9.93. The Hall–Kier alpha value is -2.59. The van der Waals surface area contributed by atoms with Crippen LogP contribution in [0.2, 0.25) is 5.02 Å². The van der Waals surface area contributed by atoms with Gasteiger partial charge in [-0.3, -0.25) is 9.59 Å². The minimum atomic E-state index is -0.167. The van der Waals surface area contributed by atoms with Crippen molar-refractivity contribution < 1.29 is 14.3 Å². The van der Waals surface area contributed by atoms with Gasteiger partial charge in [-0.25, -0.2) is 4.90 Å². The van der Waals surface area contributed by atoms with Gasteiger partial charge in [0.15, 0.2) is 0 Å². The average molecular weight is 368 g/mol. The Morgan fingerprint density at radius 1 is 0.846 bits per heavy atom. The summed E-state index contributed by atoms with van der Waals surface area (Å²) in [4.78, 5) is 26.4. The van der Waals surface area contributed by atoms with Crippen molar-refractivity contribution in [3.05, 3.63) is 70.3 Å². The van der Waals surface area contributed by atoms with E-state index in [-0.39, 0.29) is 11.8 Å². The largest absolute Gasteiger partial charge is 0.489 e. The van der Waals surface area contributed by atoms with Crippen LogP contribution in [0.5, 0.6) is 5.75 Å². The highest BCUT2D eigenvalue weighted by atomic mass is 35.5. The van der Waals surface area contributed by atoms with E-state index in [1.165, 1.54) is 4.90 Å². The Kier molecular flexibility index (Phi) is 4.51. The molecule has 4 nitrogen and oxygen atoms in total. The number of rotatable bonds is 4. The SMILES string of the molecule is O=C1C2=C(CCCC2)C(=O)N1c1ccc(OCc2ccc(Cl)cc2)cc1. The maximum absolute atomic E-state index is 12.6. The summed E-state index contributed by atoms with van der Waals surface area (Å²) in [6.07, 6.45) is 3.36. The van der Waals surface area contributed by atoms with Crippen molar-refractivity contribution in [1.82, 2.24) is 0 Å². The third-order valence-electron chi connectivity index (χ3n) is 4.80. The lowest BCUT2D eigenvalue weighted by Crippen LogP contribution is -2.31. The smallest absolute Gasteiger partial charge is 0.261 e. The number of anilines is 1. The zero-order valence-corrected chi connectivity index (χ0v) is 15.0. The molecule has 2 aliphatic rings. The van der Waals surface area contributed by atoms with E-state index < -0.39 is 0 Å². The highest BCUT2D eigenvalue weighted by molar-refractivity contribution is 6.33. The van der Waals surface area contributed by atoms with Crippen LogP contribution >= 0.6 is 11.6 Å². The second-order valence-corrected chi connectivity index (χ2v) is 6.96. The molecule has 1 aliphatic carbocycles. The zero-order chi connectivity index (χ0) is 18.1. The molecule has 0 radical (unpaired) electrons. The van der Waals surface area contributed by atoms with Gasteiger partial charge in [-0.1, -0.05) is 23.7 Å². The summed E-state index contributed by atoms with van der Waals surface area (Å²) in [6.45, 7) is 0.425. The van der Waals surface area contributed by atoms with Gasteiger partial charge in [-0.15, -0.1) is 0 Å². The number of carbonyl (C=O) groups is 2. The van der Waals surface area contributed by atoms with Crippen LogP contribution in [0.1, 0.15) is 31.2 Å². The summed E-state index contributed by atoms with van der Waals surface area (Å²) in [6, 6.07) is 14.5. The number of amides is 2. The molecule has 0 unspecified atom stereocenters. The molecule has 0 spiro atoms. The van der Waals surface area contributed by atoms with Crippen molar-refractivity contribution in [2.24, 2.45) is 0 Å². The molecule has 26 heavy (non-hydrogen) atoms. The predicted octanol–water partition coefficient (Wildman–Crippen LogP) is 4.66. The molecule has 0 N–H and O–H groups in total. The van der Waals surface area contributed by atoms with Gasteiger partial charge < -0.3 is 4.74 Å². The van der Waals surface area contributed by atoms with Crippen molar-refractivity contribution in [1.29, 1.82) is 0 Å². The Morgan fingerprint density at radius 3 is 2.00 bits per heavy atom. The predicted molar refractivity (Wildman–Crippen MR) is 100 cm³/mol. The Labute approximate surface area is 157 Å². The first-order chi connectivity index (χ1) is 12.6. The Bertz CT molecular complexity index is 856. The van der Waals surface area contributed by atoms with Gasteiger partial charge in [0.1, 0.15) is 12.4 Å². The molecule has 1 heterocycles. The van der Waals surface area contributed by atoms with Gasteiger partial charge in [-0.2, -0.15) is 0 Å². The van der Waals surface area contributed by atoms with Crippen LogP contribution in [0, 0.1) is 0 Å². The molecule has 0 aromatic heterocycles. The molecule has 1 aliphatic heterocycles. The van der Waals surface area contributed by atoms with E-state index >= 15 is 0 Å². The quantitative estimate of drug-likeness (QED) is 0.738. The van der Waals surface area contributed by atoms with Crippen LogP contribution < -0.4 is 9.64 Å². The summed E-state index contributed by atoms with van der Waals surface area (Å²) < 4.78 is 5.76. The second-order valence-electron chi connectivity index (χ2n) is 6.52. The highest BCUT2D eigenvalue weighted by Gasteiger charge is 2.39. The van der Waals surface area contributed by atoms with E-state index in [0.29, 0.717) is 47.1 Å². The minimum absolute atomic E-state index is 0.167. The summed E-state index contributed by atoms with van der Waals surface area (Å²) in [5.41, 5.74) is 3.00. The number of ether oxygens (including phenoxy) is 1. The molecule has 0 fully saturated rings. The van der Waals surface area contributed by atoms with Crippen molar-refractivity contribution >= 4 is 29.1 Å². The molecule has 0 saturated carbocycles. The van der Waals surface area contributed by atoms with Crippen molar-refractivity contribution in [3.8, 4) is 5.75 Å². The fourth-order valence-corrected chi connectivity index (χ4v) is 3.54. The molecule has 132 valence electrons.